The first-order valence-electron chi connectivity index (χ1n) is 8.65. The summed E-state index contributed by atoms with van der Waals surface area (Å²) < 4.78 is 5.76. The lowest BCUT2D eigenvalue weighted by Crippen LogP contribution is -2.25. The summed E-state index contributed by atoms with van der Waals surface area (Å²) in [4.78, 5) is 12.0. The van der Waals surface area contributed by atoms with Crippen LogP contribution in [0.4, 0.5) is 0 Å². The largest absolute Gasteiger partial charge is 0.489 e. The molecule has 3 aromatic rings. The van der Waals surface area contributed by atoms with Crippen molar-refractivity contribution in [3.8, 4) is 5.75 Å². The number of halogens is 1. The van der Waals surface area contributed by atoms with Gasteiger partial charge in [-0.05, 0) is 29.3 Å². The Hall–Kier alpha value is -3.15. The van der Waals surface area contributed by atoms with Crippen LogP contribution in [0.15, 0.2) is 84.0 Å². The van der Waals surface area contributed by atoms with Crippen molar-refractivity contribution >= 4 is 23.7 Å². The Balaban J connectivity index is 1.56. The minimum Gasteiger partial charge on any atom is -0.489 e. The Labute approximate surface area is 168 Å². The molecule has 0 radical (unpaired) electrons. The minimum atomic E-state index is -1.27. The van der Waals surface area contributed by atoms with E-state index in [-0.39, 0.29) is 0 Å². The monoisotopic (exact) mass is 394 g/mol. The Bertz CT molecular complexity index is 961. The van der Waals surface area contributed by atoms with Crippen LogP contribution in [-0.2, 0) is 11.4 Å². The Morgan fingerprint density at radius 3 is 2.61 bits per heavy atom. The van der Waals surface area contributed by atoms with Crippen LogP contribution in [0.25, 0.3) is 0 Å². The van der Waals surface area contributed by atoms with E-state index < -0.39 is 12.0 Å². The smallest absolute Gasteiger partial charge is 0.273 e. The number of hydrazone groups is 1. The molecular formula is C22H19ClN2O3. The number of hydrogen-bond acceptors (Lipinski definition) is 4. The third kappa shape index (κ3) is 5.42. The molecule has 5 nitrogen and oxygen atoms in total. The fourth-order valence-electron chi connectivity index (χ4n) is 2.48. The molecule has 6 heteroatoms. The van der Waals surface area contributed by atoms with Crippen molar-refractivity contribution in [3.63, 3.8) is 0 Å². The average molecular weight is 395 g/mol. The Kier molecular flexibility index (Phi) is 6.78. The lowest BCUT2D eigenvalue weighted by molar-refractivity contribution is -0.129. The number of hydrogen-bond donors (Lipinski definition) is 2. The Morgan fingerprint density at radius 1 is 1.07 bits per heavy atom. The zero-order chi connectivity index (χ0) is 19.8. The second-order valence-corrected chi connectivity index (χ2v) is 6.41. The van der Waals surface area contributed by atoms with Gasteiger partial charge in [0.15, 0.2) is 6.10 Å². The molecule has 2 N–H and O–H groups in total. The van der Waals surface area contributed by atoms with E-state index in [1.165, 1.54) is 6.21 Å². The number of aliphatic hydroxyl groups is 1. The van der Waals surface area contributed by atoms with Gasteiger partial charge in [0.1, 0.15) is 12.4 Å². The molecule has 0 unspecified atom stereocenters. The molecule has 0 spiro atoms. The van der Waals surface area contributed by atoms with Gasteiger partial charge in [0.25, 0.3) is 5.91 Å². The van der Waals surface area contributed by atoms with Crippen molar-refractivity contribution < 1.29 is 14.6 Å². The van der Waals surface area contributed by atoms with E-state index in [0.717, 1.165) is 11.1 Å². The number of nitrogens with one attached hydrogen (secondary N) is 1. The van der Waals surface area contributed by atoms with Gasteiger partial charge in [-0.1, -0.05) is 72.3 Å². The van der Waals surface area contributed by atoms with Crippen LogP contribution in [0, 0.1) is 0 Å². The number of benzene rings is 3. The molecule has 142 valence electrons. The molecule has 1 amide bonds. The second-order valence-electron chi connectivity index (χ2n) is 6.00. The summed E-state index contributed by atoms with van der Waals surface area (Å²) in [5.41, 5.74) is 4.48. The van der Waals surface area contributed by atoms with Gasteiger partial charge < -0.3 is 9.84 Å². The quantitative estimate of drug-likeness (QED) is 0.468. The maximum atomic E-state index is 12.0. The Morgan fingerprint density at radius 2 is 1.82 bits per heavy atom. The van der Waals surface area contributed by atoms with E-state index >= 15 is 0 Å². The third-order valence-corrected chi connectivity index (χ3v) is 4.33. The van der Waals surface area contributed by atoms with Crippen molar-refractivity contribution in [1.82, 2.24) is 5.43 Å². The van der Waals surface area contributed by atoms with Gasteiger partial charge in [-0.2, -0.15) is 5.10 Å². The van der Waals surface area contributed by atoms with Crippen LogP contribution in [0.2, 0.25) is 5.02 Å². The van der Waals surface area contributed by atoms with Crippen molar-refractivity contribution in [1.29, 1.82) is 0 Å². The number of rotatable bonds is 7. The highest BCUT2D eigenvalue weighted by molar-refractivity contribution is 6.31. The normalized spacial score (nSPS) is 11.9. The van der Waals surface area contributed by atoms with Gasteiger partial charge in [0.2, 0.25) is 0 Å². The maximum absolute atomic E-state index is 12.0. The van der Waals surface area contributed by atoms with Gasteiger partial charge >= 0.3 is 0 Å². The zero-order valence-corrected chi connectivity index (χ0v) is 15.7. The van der Waals surface area contributed by atoms with Crippen LogP contribution in [0.5, 0.6) is 5.75 Å². The highest BCUT2D eigenvalue weighted by Gasteiger charge is 2.15. The SMILES string of the molecule is O=C(N/N=C\c1cccc(OCc2ccccc2Cl)c1)[C@H](O)c1ccccc1. The molecule has 0 bridgehead atoms. The summed E-state index contributed by atoms with van der Waals surface area (Å²) in [6, 6.07) is 23.4. The fraction of sp³-hybridized carbons (Fsp3) is 0.0909. The molecule has 0 aliphatic rings. The summed E-state index contributed by atoms with van der Waals surface area (Å²) in [6.45, 7) is 0.347. The maximum Gasteiger partial charge on any atom is 0.273 e. The molecule has 1 atom stereocenters. The number of amides is 1. The molecule has 0 heterocycles. The topological polar surface area (TPSA) is 70.9 Å². The van der Waals surface area contributed by atoms with Crippen molar-refractivity contribution in [2.24, 2.45) is 5.10 Å². The number of nitrogens with zero attached hydrogens (tertiary/aromatic N) is 1. The van der Waals surface area contributed by atoms with Gasteiger partial charge in [-0.15, -0.1) is 0 Å². The zero-order valence-electron chi connectivity index (χ0n) is 15.0. The molecule has 0 saturated heterocycles. The highest BCUT2D eigenvalue weighted by atomic mass is 35.5. The standard InChI is InChI=1S/C22H19ClN2O3/c23-20-12-5-4-10-18(20)15-28-19-11-6-7-16(13-19)14-24-25-22(27)21(26)17-8-2-1-3-9-17/h1-14,21,26H,15H2,(H,25,27)/b24-14-/t21-/m1/s1. The highest BCUT2D eigenvalue weighted by Crippen LogP contribution is 2.19. The lowest BCUT2D eigenvalue weighted by Gasteiger charge is -2.09. The predicted octanol–water partition coefficient (Wildman–Crippen LogP) is 4.10. The molecule has 3 rings (SSSR count). The van der Waals surface area contributed by atoms with Crippen LogP contribution in [0.1, 0.15) is 22.8 Å². The molecule has 0 fully saturated rings. The van der Waals surface area contributed by atoms with Crippen LogP contribution >= 0.6 is 11.6 Å². The summed E-state index contributed by atoms with van der Waals surface area (Å²) in [6.07, 6.45) is 0.210. The number of aliphatic hydroxyl groups excluding tert-OH is 1. The van der Waals surface area contributed by atoms with E-state index in [0.29, 0.717) is 22.9 Å². The van der Waals surface area contributed by atoms with Gasteiger partial charge in [-0.25, -0.2) is 5.43 Å². The first kappa shape index (κ1) is 19.6. The molecule has 28 heavy (non-hydrogen) atoms. The van der Waals surface area contributed by atoms with Crippen molar-refractivity contribution in [2.45, 2.75) is 12.7 Å². The van der Waals surface area contributed by atoms with E-state index in [9.17, 15) is 9.90 Å². The number of carbonyl (C=O) groups excluding carboxylic acids is 1. The summed E-state index contributed by atoms with van der Waals surface area (Å²) in [5, 5.41) is 14.6. The van der Waals surface area contributed by atoms with E-state index in [1.807, 2.05) is 48.5 Å². The first-order valence-corrected chi connectivity index (χ1v) is 9.03. The van der Waals surface area contributed by atoms with E-state index in [1.54, 1.807) is 30.3 Å². The average Bonchev–Trinajstić information content (AvgIpc) is 2.73. The van der Waals surface area contributed by atoms with Gasteiger partial charge in [0.05, 0.1) is 6.21 Å². The van der Waals surface area contributed by atoms with Crippen LogP contribution in [0.3, 0.4) is 0 Å². The molecule has 0 aromatic heterocycles. The van der Waals surface area contributed by atoms with Gasteiger partial charge in [-0.3, -0.25) is 4.79 Å². The molecular weight excluding hydrogens is 376 g/mol. The second kappa shape index (κ2) is 9.69. The predicted molar refractivity (Wildman–Crippen MR) is 109 cm³/mol. The van der Waals surface area contributed by atoms with Crippen molar-refractivity contribution in [3.05, 3.63) is 101 Å². The molecule has 0 aliphatic heterocycles. The number of ether oxygens (including phenoxy) is 1. The fourth-order valence-corrected chi connectivity index (χ4v) is 2.67. The molecule has 0 aliphatic carbocycles. The van der Waals surface area contributed by atoms with Crippen molar-refractivity contribution in [2.75, 3.05) is 0 Å². The summed E-state index contributed by atoms with van der Waals surface area (Å²) in [7, 11) is 0. The lowest BCUT2D eigenvalue weighted by atomic mass is 10.1. The molecule has 3 aromatic carbocycles. The molecule has 0 saturated carbocycles. The third-order valence-electron chi connectivity index (χ3n) is 3.96. The minimum absolute atomic E-state index is 0.347. The van der Waals surface area contributed by atoms with Crippen LogP contribution < -0.4 is 10.2 Å². The summed E-state index contributed by atoms with van der Waals surface area (Å²) in [5.74, 6) is 0.0492. The number of carbonyl (C=O) groups is 1. The first-order chi connectivity index (χ1) is 13.6. The summed E-state index contributed by atoms with van der Waals surface area (Å²) >= 11 is 6.13. The van der Waals surface area contributed by atoms with Crippen LogP contribution in [-0.4, -0.2) is 17.2 Å². The van der Waals surface area contributed by atoms with E-state index in [2.05, 4.69) is 10.5 Å². The van der Waals surface area contributed by atoms with Gasteiger partial charge in [0, 0.05) is 10.6 Å². The van der Waals surface area contributed by atoms with E-state index in [4.69, 9.17) is 16.3 Å².